The Kier molecular flexibility index (Phi) is 3.70. The Balaban J connectivity index is 2.69. The van der Waals surface area contributed by atoms with Crippen LogP contribution in [0.3, 0.4) is 0 Å². The number of hydrogen-bond acceptors (Lipinski definition) is 2. The minimum Gasteiger partial charge on any atom is -0.327 e. The number of nitrogens with zero attached hydrogens (tertiary/aromatic N) is 1. The average molecular weight is 199 g/mol. The summed E-state index contributed by atoms with van der Waals surface area (Å²) >= 11 is 5.95. The first kappa shape index (κ1) is 10.5. The van der Waals surface area contributed by atoms with Crippen molar-refractivity contribution >= 4 is 11.6 Å². The van der Waals surface area contributed by atoms with Crippen LogP contribution in [-0.4, -0.2) is 11.0 Å². The molecule has 0 aliphatic heterocycles. The summed E-state index contributed by atoms with van der Waals surface area (Å²) in [6.07, 6.45) is 4.22. The van der Waals surface area contributed by atoms with Crippen molar-refractivity contribution in [2.24, 2.45) is 11.7 Å². The van der Waals surface area contributed by atoms with Crippen molar-refractivity contribution in [1.82, 2.24) is 4.98 Å². The molecular weight excluding hydrogens is 184 g/mol. The topological polar surface area (TPSA) is 38.9 Å². The van der Waals surface area contributed by atoms with E-state index in [0.717, 1.165) is 12.0 Å². The molecule has 1 aromatic heterocycles. The van der Waals surface area contributed by atoms with E-state index in [1.54, 1.807) is 12.4 Å². The highest BCUT2D eigenvalue weighted by Crippen LogP contribution is 2.16. The molecule has 0 spiro atoms. The zero-order valence-electron chi connectivity index (χ0n) is 8.00. The summed E-state index contributed by atoms with van der Waals surface area (Å²) < 4.78 is 0. The van der Waals surface area contributed by atoms with Crippen molar-refractivity contribution in [3.05, 3.63) is 29.0 Å². The van der Waals surface area contributed by atoms with Crippen molar-refractivity contribution in [3.8, 4) is 0 Å². The molecule has 1 atom stereocenters. The summed E-state index contributed by atoms with van der Waals surface area (Å²) in [5, 5.41) is 0.707. The van der Waals surface area contributed by atoms with E-state index in [2.05, 4.69) is 18.8 Å². The molecule has 72 valence electrons. The lowest BCUT2D eigenvalue weighted by Crippen LogP contribution is -2.28. The van der Waals surface area contributed by atoms with Gasteiger partial charge in [-0.15, -0.1) is 0 Å². The summed E-state index contributed by atoms with van der Waals surface area (Å²) in [4.78, 5) is 3.92. The van der Waals surface area contributed by atoms with Gasteiger partial charge in [0.1, 0.15) is 0 Å². The smallest absolute Gasteiger partial charge is 0.0621 e. The molecule has 0 aliphatic rings. The Morgan fingerprint density at radius 1 is 1.54 bits per heavy atom. The third-order valence-corrected chi connectivity index (χ3v) is 2.51. The van der Waals surface area contributed by atoms with Crippen LogP contribution in [0, 0.1) is 5.92 Å². The molecule has 0 amide bonds. The average Bonchev–Trinajstić information content (AvgIpc) is 2.08. The van der Waals surface area contributed by atoms with Crippen LogP contribution < -0.4 is 5.73 Å². The maximum Gasteiger partial charge on any atom is 0.0621 e. The number of nitrogens with two attached hydrogens (primary N) is 1. The number of aromatic nitrogens is 1. The van der Waals surface area contributed by atoms with E-state index in [1.165, 1.54) is 0 Å². The summed E-state index contributed by atoms with van der Waals surface area (Å²) in [6, 6.07) is 2.09. The van der Waals surface area contributed by atoms with E-state index >= 15 is 0 Å². The van der Waals surface area contributed by atoms with Gasteiger partial charge in [-0.2, -0.15) is 0 Å². The van der Waals surface area contributed by atoms with E-state index in [9.17, 15) is 0 Å². The minimum atomic E-state index is 0.167. The molecule has 1 heterocycles. The number of rotatable bonds is 3. The van der Waals surface area contributed by atoms with Crippen molar-refractivity contribution in [2.75, 3.05) is 0 Å². The second-order valence-corrected chi connectivity index (χ2v) is 3.99. The van der Waals surface area contributed by atoms with Gasteiger partial charge in [-0.1, -0.05) is 25.4 Å². The standard InChI is InChI=1S/C10H15ClN2/c1-7(2)10(12)5-8-3-4-13-6-9(8)11/h3-4,6-7,10H,5,12H2,1-2H3. The van der Waals surface area contributed by atoms with Gasteiger partial charge in [0, 0.05) is 18.4 Å². The van der Waals surface area contributed by atoms with Crippen LogP contribution >= 0.6 is 11.6 Å². The molecule has 2 nitrogen and oxygen atoms in total. The van der Waals surface area contributed by atoms with E-state index < -0.39 is 0 Å². The van der Waals surface area contributed by atoms with E-state index in [0.29, 0.717) is 10.9 Å². The normalized spacial score (nSPS) is 13.3. The second-order valence-electron chi connectivity index (χ2n) is 3.58. The Labute approximate surface area is 84.1 Å². The summed E-state index contributed by atoms with van der Waals surface area (Å²) in [5.74, 6) is 0.476. The fourth-order valence-corrected chi connectivity index (χ4v) is 1.26. The molecule has 0 fully saturated rings. The van der Waals surface area contributed by atoms with Crippen LogP contribution in [0.1, 0.15) is 19.4 Å². The van der Waals surface area contributed by atoms with Crippen LogP contribution in [0.15, 0.2) is 18.5 Å². The van der Waals surface area contributed by atoms with Gasteiger partial charge in [0.2, 0.25) is 0 Å². The molecule has 0 saturated heterocycles. The summed E-state index contributed by atoms with van der Waals surface area (Å²) in [7, 11) is 0. The molecule has 1 unspecified atom stereocenters. The van der Waals surface area contributed by atoms with Gasteiger partial charge in [0.05, 0.1) is 5.02 Å². The first-order chi connectivity index (χ1) is 6.11. The van der Waals surface area contributed by atoms with Gasteiger partial charge in [0.25, 0.3) is 0 Å². The highest BCUT2D eigenvalue weighted by Gasteiger charge is 2.10. The first-order valence-corrected chi connectivity index (χ1v) is 4.83. The molecule has 0 saturated carbocycles. The Morgan fingerprint density at radius 3 is 2.77 bits per heavy atom. The monoisotopic (exact) mass is 198 g/mol. The second kappa shape index (κ2) is 4.58. The van der Waals surface area contributed by atoms with Gasteiger partial charge in [-0.25, -0.2) is 0 Å². The van der Waals surface area contributed by atoms with Crippen LogP contribution in [0.4, 0.5) is 0 Å². The van der Waals surface area contributed by atoms with E-state index in [-0.39, 0.29) is 6.04 Å². The zero-order valence-corrected chi connectivity index (χ0v) is 8.75. The third kappa shape index (κ3) is 2.98. The summed E-state index contributed by atoms with van der Waals surface area (Å²) in [6.45, 7) is 4.22. The number of hydrogen-bond donors (Lipinski definition) is 1. The molecule has 1 aromatic rings. The van der Waals surface area contributed by atoms with Gasteiger partial charge < -0.3 is 5.73 Å². The van der Waals surface area contributed by atoms with Crippen LogP contribution in [-0.2, 0) is 6.42 Å². The number of halogens is 1. The zero-order chi connectivity index (χ0) is 9.84. The van der Waals surface area contributed by atoms with Crippen LogP contribution in [0.2, 0.25) is 5.02 Å². The van der Waals surface area contributed by atoms with Crippen LogP contribution in [0.5, 0.6) is 0 Å². The van der Waals surface area contributed by atoms with Gasteiger partial charge in [0.15, 0.2) is 0 Å². The highest BCUT2D eigenvalue weighted by molar-refractivity contribution is 6.31. The maximum absolute atomic E-state index is 5.95. The molecule has 0 aromatic carbocycles. The quantitative estimate of drug-likeness (QED) is 0.810. The third-order valence-electron chi connectivity index (χ3n) is 2.17. The van der Waals surface area contributed by atoms with Crippen LogP contribution in [0.25, 0.3) is 0 Å². The van der Waals surface area contributed by atoms with Crippen molar-refractivity contribution in [1.29, 1.82) is 0 Å². The van der Waals surface area contributed by atoms with Crippen molar-refractivity contribution in [3.63, 3.8) is 0 Å². The predicted octanol–water partition coefficient (Wildman–Crippen LogP) is 2.26. The molecule has 2 N–H and O–H groups in total. The Hall–Kier alpha value is -0.600. The lowest BCUT2D eigenvalue weighted by atomic mass is 9.98. The predicted molar refractivity (Wildman–Crippen MR) is 55.8 cm³/mol. The van der Waals surface area contributed by atoms with E-state index in [4.69, 9.17) is 17.3 Å². The maximum atomic E-state index is 5.95. The summed E-state index contributed by atoms with van der Waals surface area (Å²) in [5.41, 5.74) is 7.02. The minimum absolute atomic E-state index is 0.167. The fourth-order valence-electron chi connectivity index (χ4n) is 1.06. The van der Waals surface area contributed by atoms with E-state index in [1.807, 2.05) is 6.07 Å². The fraction of sp³-hybridized carbons (Fsp3) is 0.500. The molecule has 3 heteroatoms. The van der Waals surface area contributed by atoms with Crippen molar-refractivity contribution < 1.29 is 0 Å². The van der Waals surface area contributed by atoms with Gasteiger partial charge >= 0.3 is 0 Å². The molecule has 0 bridgehead atoms. The Bertz CT molecular complexity index is 273. The molecule has 0 radical (unpaired) electrons. The molecule has 13 heavy (non-hydrogen) atoms. The van der Waals surface area contributed by atoms with Gasteiger partial charge in [-0.05, 0) is 24.0 Å². The first-order valence-electron chi connectivity index (χ1n) is 4.45. The number of pyridine rings is 1. The largest absolute Gasteiger partial charge is 0.327 e. The van der Waals surface area contributed by atoms with Crippen molar-refractivity contribution in [2.45, 2.75) is 26.3 Å². The lowest BCUT2D eigenvalue weighted by Gasteiger charge is -2.15. The molecule has 0 aliphatic carbocycles. The lowest BCUT2D eigenvalue weighted by molar-refractivity contribution is 0.490. The van der Waals surface area contributed by atoms with Gasteiger partial charge in [-0.3, -0.25) is 4.98 Å². The molecule has 1 rings (SSSR count). The SMILES string of the molecule is CC(C)C(N)Cc1ccncc1Cl. The highest BCUT2D eigenvalue weighted by atomic mass is 35.5. The Morgan fingerprint density at radius 2 is 2.23 bits per heavy atom. The molecular formula is C10H15ClN2.